The summed E-state index contributed by atoms with van der Waals surface area (Å²) in [5, 5.41) is 2.51. The summed E-state index contributed by atoms with van der Waals surface area (Å²) in [5.41, 5.74) is 0.0801. The molecule has 0 saturated heterocycles. The zero-order valence-corrected chi connectivity index (χ0v) is 10.6. The topological polar surface area (TPSA) is 58.5 Å². The Morgan fingerprint density at radius 2 is 2.16 bits per heavy atom. The summed E-state index contributed by atoms with van der Waals surface area (Å²) in [7, 11) is 0. The van der Waals surface area contributed by atoms with Gasteiger partial charge in [-0.3, -0.25) is 9.59 Å². The van der Waals surface area contributed by atoms with E-state index >= 15 is 0 Å². The number of hydrogen-bond donors (Lipinski definition) is 1. The predicted molar refractivity (Wildman–Crippen MR) is 68.2 cm³/mol. The summed E-state index contributed by atoms with van der Waals surface area (Å²) >= 11 is 0.924. The third-order valence-electron chi connectivity index (χ3n) is 2.15. The summed E-state index contributed by atoms with van der Waals surface area (Å²) in [5.74, 6) is -2.39. The fourth-order valence-electron chi connectivity index (χ4n) is 1.37. The number of carbonyl (C=O) groups excluding carboxylic acids is 2. The molecule has 1 N–H and O–H groups in total. The van der Waals surface area contributed by atoms with E-state index in [-0.39, 0.29) is 21.5 Å². The number of carbonyl (C=O) groups is 2. The smallest absolute Gasteiger partial charge is 0.286 e. The molecule has 0 spiro atoms. The van der Waals surface area contributed by atoms with Gasteiger partial charge in [0.05, 0.1) is 4.91 Å². The standard InChI is InChI=1S/C12H8F2N2O2S/c1-6(17)15-12-16-11(18)10(19-12)4-7-2-3-8(13)5-9(7)14/h2-5H,1H3,(H,15,16,17,18). The van der Waals surface area contributed by atoms with Gasteiger partial charge in [-0.05, 0) is 30.0 Å². The van der Waals surface area contributed by atoms with Crippen LogP contribution >= 0.6 is 11.8 Å². The van der Waals surface area contributed by atoms with E-state index in [0.29, 0.717) is 0 Å². The van der Waals surface area contributed by atoms with Gasteiger partial charge in [-0.2, -0.15) is 4.99 Å². The van der Waals surface area contributed by atoms with Crippen molar-refractivity contribution in [2.75, 3.05) is 0 Å². The summed E-state index contributed by atoms with van der Waals surface area (Å²) in [6.45, 7) is 1.29. The highest BCUT2D eigenvalue weighted by Crippen LogP contribution is 2.28. The van der Waals surface area contributed by atoms with Crippen molar-refractivity contribution in [3.8, 4) is 0 Å². The van der Waals surface area contributed by atoms with Crippen LogP contribution in [0.2, 0.25) is 0 Å². The second-order valence-electron chi connectivity index (χ2n) is 3.68. The number of nitrogens with zero attached hydrogens (tertiary/aromatic N) is 1. The van der Waals surface area contributed by atoms with Crippen LogP contribution < -0.4 is 5.32 Å². The molecule has 7 heteroatoms. The molecule has 0 fully saturated rings. The van der Waals surface area contributed by atoms with Crippen LogP contribution in [0.1, 0.15) is 12.5 Å². The lowest BCUT2D eigenvalue weighted by Crippen LogP contribution is -2.23. The monoisotopic (exact) mass is 282 g/mol. The van der Waals surface area contributed by atoms with E-state index in [4.69, 9.17) is 0 Å². The van der Waals surface area contributed by atoms with Crippen molar-refractivity contribution in [1.82, 2.24) is 5.32 Å². The molecule has 0 unspecified atom stereocenters. The Morgan fingerprint density at radius 1 is 1.42 bits per heavy atom. The molecule has 1 aromatic rings. The first-order valence-corrected chi connectivity index (χ1v) is 6.02. The fraction of sp³-hybridized carbons (Fsp3) is 0.0833. The van der Waals surface area contributed by atoms with E-state index in [9.17, 15) is 18.4 Å². The zero-order valence-electron chi connectivity index (χ0n) is 9.74. The first-order valence-electron chi connectivity index (χ1n) is 5.21. The maximum absolute atomic E-state index is 13.4. The van der Waals surface area contributed by atoms with Gasteiger partial charge in [-0.15, -0.1) is 0 Å². The van der Waals surface area contributed by atoms with Gasteiger partial charge in [-0.25, -0.2) is 8.78 Å². The number of aliphatic imine (C=N–C) groups is 1. The highest BCUT2D eigenvalue weighted by Gasteiger charge is 2.22. The first-order chi connectivity index (χ1) is 8.95. The fourth-order valence-corrected chi connectivity index (χ4v) is 2.22. The van der Waals surface area contributed by atoms with Crippen molar-refractivity contribution in [2.45, 2.75) is 6.92 Å². The molecule has 0 aliphatic carbocycles. The van der Waals surface area contributed by atoms with Crippen molar-refractivity contribution in [1.29, 1.82) is 0 Å². The number of amides is 2. The third kappa shape index (κ3) is 3.25. The lowest BCUT2D eigenvalue weighted by atomic mass is 10.2. The predicted octanol–water partition coefficient (Wildman–Crippen LogP) is 2.07. The molecule has 1 aliphatic rings. The number of thioether (sulfide) groups is 1. The van der Waals surface area contributed by atoms with E-state index in [0.717, 1.165) is 23.9 Å². The van der Waals surface area contributed by atoms with Crippen LogP contribution in [0.25, 0.3) is 6.08 Å². The Balaban J connectivity index is 2.22. The summed E-state index contributed by atoms with van der Waals surface area (Å²) in [6.07, 6.45) is 1.26. The van der Waals surface area contributed by atoms with Crippen LogP contribution in [0, 0.1) is 11.6 Å². The minimum absolute atomic E-state index is 0.0801. The molecule has 1 aromatic carbocycles. The lowest BCUT2D eigenvalue weighted by molar-refractivity contribution is -0.117. The van der Waals surface area contributed by atoms with E-state index < -0.39 is 17.5 Å². The number of rotatable bonds is 1. The van der Waals surface area contributed by atoms with Gasteiger partial charge in [0.1, 0.15) is 11.6 Å². The maximum Gasteiger partial charge on any atom is 0.286 e. The van der Waals surface area contributed by atoms with Gasteiger partial charge in [-0.1, -0.05) is 0 Å². The van der Waals surface area contributed by atoms with Crippen molar-refractivity contribution in [2.24, 2.45) is 4.99 Å². The third-order valence-corrected chi connectivity index (χ3v) is 3.05. The summed E-state index contributed by atoms with van der Waals surface area (Å²) in [4.78, 5) is 26.1. The molecular weight excluding hydrogens is 274 g/mol. The number of benzene rings is 1. The summed E-state index contributed by atoms with van der Waals surface area (Å²) < 4.78 is 26.2. The average molecular weight is 282 g/mol. The van der Waals surface area contributed by atoms with Crippen molar-refractivity contribution >= 4 is 34.8 Å². The van der Waals surface area contributed by atoms with Gasteiger partial charge in [0.2, 0.25) is 5.91 Å². The van der Waals surface area contributed by atoms with Crippen LogP contribution in [0.3, 0.4) is 0 Å². The second kappa shape index (κ2) is 5.31. The van der Waals surface area contributed by atoms with Gasteiger partial charge in [0.25, 0.3) is 5.91 Å². The molecule has 0 aromatic heterocycles. The lowest BCUT2D eigenvalue weighted by Gasteiger charge is -1.99. The molecule has 0 atom stereocenters. The Bertz CT molecular complexity index is 626. The molecule has 98 valence electrons. The number of halogens is 2. The maximum atomic E-state index is 13.4. The first kappa shape index (κ1) is 13.4. The Hall–Kier alpha value is -2.02. The van der Waals surface area contributed by atoms with E-state index in [2.05, 4.69) is 10.3 Å². The quantitative estimate of drug-likeness (QED) is 0.802. The average Bonchev–Trinajstić information content (AvgIpc) is 2.62. The minimum Gasteiger partial charge on any atom is -0.305 e. The molecule has 0 radical (unpaired) electrons. The molecular formula is C12H8F2N2O2S. The number of nitrogens with one attached hydrogen (secondary N) is 1. The van der Waals surface area contributed by atoms with Gasteiger partial charge in [0.15, 0.2) is 5.17 Å². The molecule has 19 heavy (non-hydrogen) atoms. The zero-order chi connectivity index (χ0) is 14.0. The SMILES string of the molecule is CC(=O)NC1=NC(=O)C(=Cc2ccc(F)cc2F)S1. The summed E-state index contributed by atoms with van der Waals surface area (Å²) in [6, 6.07) is 3.04. The van der Waals surface area contributed by atoms with Crippen LogP contribution in [-0.4, -0.2) is 17.0 Å². The minimum atomic E-state index is -0.770. The van der Waals surface area contributed by atoms with Crippen LogP contribution in [-0.2, 0) is 9.59 Å². The van der Waals surface area contributed by atoms with Gasteiger partial charge < -0.3 is 5.32 Å². The normalized spacial score (nSPS) is 16.7. The molecule has 2 rings (SSSR count). The van der Waals surface area contributed by atoms with E-state index in [1.54, 1.807) is 0 Å². The second-order valence-corrected chi connectivity index (χ2v) is 4.71. The highest BCUT2D eigenvalue weighted by molar-refractivity contribution is 8.18. The Labute approximate surface area is 111 Å². The van der Waals surface area contributed by atoms with Crippen molar-refractivity contribution in [3.05, 3.63) is 40.3 Å². The van der Waals surface area contributed by atoms with Crippen LogP contribution in [0.15, 0.2) is 28.1 Å². The van der Waals surface area contributed by atoms with Crippen LogP contribution in [0.5, 0.6) is 0 Å². The largest absolute Gasteiger partial charge is 0.305 e. The molecule has 2 amide bonds. The van der Waals surface area contributed by atoms with Gasteiger partial charge >= 0.3 is 0 Å². The van der Waals surface area contributed by atoms with Gasteiger partial charge in [0, 0.05) is 18.6 Å². The molecule has 0 saturated carbocycles. The van der Waals surface area contributed by atoms with E-state index in [1.807, 2.05) is 0 Å². The molecule has 0 bridgehead atoms. The molecule has 4 nitrogen and oxygen atoms in total. The Kier molecular flexibility index (Phi) is 3.75. The number of amidine groups is 1. The van der Waals surface area contributed by atoms with E-state index in [1.165, 1.54) is 19.1 Å². The molecule has 1 heterocycles. The Morgan fingerprint density at radius 3 is 2.79 bits per heavy atom. The van der Waals surface area contributed by atoms with Crippen LogP contribution in [0.4, 0.5) is 8.78 Å². The van der Waals surface area contributed by atoms with Crippen molar-refractivity contribution in [3.63, 3.8) is 0 Å². The highest BCUT2D eigenvalue weighted by atomic mass is 32.2. The number of hydrogen-bond acceptors (Lipinski definition) is 3. The van der Waals surface area contributed by atoms with Crippen molar-refractivity contribution < 1.29 is 18.4 Å². The molecule has 1 aliphatic heterocycles.